The number of hydrogen-bond acceptors (Lipinski definition) is 29. The van der Waals surface area contributed by atoms with Crippen molar-refractivity contribution in [3.63, 3.8) is 0 Å². The lowest BCUT2D eigenvalue weighted by Gasteiger charge is -2.51. The van der Waals surface area contributed by atoms with Gasteiger partial charge in [0.1, 0.15) is 73.2 Å². The molecule has 81 heavy (non-hydrogen) atoms. The average molecular weight is 1180 g/mol. The number of ketones is 1. The van der Waals surface area contributed by atoms with Crippen molar-refractivity contribution in [1.82, 2.24) is 21.3 Å². The van der Waals surface area contributed by atoms with E-state index in [0.717, 1.165) is 27.7 Å². The molecule has 464 valence electrons. The second-order valence-corrected chi connectivity index (χ2v) is 19.4. The zero-order valence-corrected chi connectivity index (χ0v) is 43.4. The van der Waals surface area contributed by atoms with E-state index in [9.17, 15) is 130 Å². The summed E-state index contributed by atoms with van der Waals surface area (Å²) in [6.45, 7) is -2.48. The number of carbonyl (C=O) groups is 9. The standard InChI is InChI=1S/C44H70N4O33/c1-13(53)45-26(17(57)5-18(58)38(68)69)34(67)31(64)23(10-50)76-42(39(70)71)7-20(60)28(47-15(3)55)36(80-42)33(66)25(12-52)78-44(41(74)75)8-21(61)29(48-16(4)56)37(81-44)32(65)24(11-51)77-43(40(72)73)6-19(59)27(46-14(2)54)35(79-43)30(63)22(62)9-49/h17,19-37,49-52,57,59-67H,5-12H2,1-4H3,(H,45,53)(H,46,54)(H,47,55)(H,48,56)(H,68,69)(H,70,71)(H,72,73)(H,74,75)/t17-,19-,20-,21-,22+,23+,24+,25+,26+,27+,28+,29+,30+,31+,32+,33+,34+,35?,36?,37?,42?,43?,44?/m0/s1. The minimum absolute atomic E-state index is 0.813. The molecule has 22 N–H and O–H groups in total. The number of carbonyl (C=O) groups excluding carboxylic acids is 5. The zero-order chi connectivity index (χ0) is 62.0. The SMILES string of the molecule is CC(=O)N[C@@H]([C@@H](O)[C@H](O)[C@@H](CO)OC1(C(=O)O)C[C@H](O)[C@@H](NC(C)=O)C([C@H](O)[C@@H](CO)OC2(C(=O)O)C[C@H](O)[C@@H](NC(C)=O)C([C@H](O)[C@@H](CO)OC3(C(=O)O)C[C@H](O)[C@@H](NC(C)=O)C([C@H](O)[C@H](O)CO)O3)O2)O1)[C@@H](O)CC(=O)C(=O)O. The van der Waals surface area contributed by atoms with E-state index in [1.807, 2.05) is 5.32 Å². The molecule has 3 rings (SSSR count). The van der Waals surface area contributed by atoms with E-state index in [2.05, 4.69) is 16.0 Å². The number of aliphatic carboxylic acids is 4. The van der Waals surface area contributed by atoms with Crippen LogP contribution in [0.15, 0.2) is 0 Å². The number of aliphatic hydroxyl groups is 14. The summed E-state index contributed by atoms with van der Waals surface area (Å²) in [5.41, 5.74) is 0. The number of ether oxygens (including phenoxy) is 6. The summed E-state index contributed by atoms with van der Waals surface area (Å²) >= 11 is 0. The lowest BCUT2D eigenvalue weighted by atomic mass is 9.86. The second kappa shape index (κ2) is 29.2. The van der Waals surface area contributed by atoms with Crippen molar-refractivity contribution in [2.45, 2.75) is 193 Å². The quantitative estimate of drug-likeness (QED) is 0.0297. The third-order valence-electron chi connectivity index (χ3n) is 13.2. The fourth-order valence-corrected chi connectivity index (χ4v) is 9.37. The highest BCUT2D eigenvalue weighted by atomic mass is 16.8. The van der Waals surface area contributed by atoms with Crippen molar-refractivity contribution in [2.24, 2.45) is 0 Å². The minimum Gasteiger partial charge on any atom is -0.477 e. The van der Waals surface area contributed by atoms with Crippen LogP contribution >= 0.6 is 0 Å². The first-order valence-electron chi connectivity index (χ1n) is 24.4. The summed E-state index contributed by atoms with van der Waals surface area (Å²) in [7, 11) is 0. The molecular weight excluding hydrogens is 1110 g/mol. The average Bonchev–Trinajstić information content (AvgIpc) is 3.43. The number of amides is 4. The molecule has 23 atom stereocenters. The van der Waals surface area contributed by atoms with Gasteiger partial charge in [-0.2, -0.15) is 0 Å². The van der Waals surface area contributed by atoms with Gasteiger partial charge in [-0.1, -0.05) is 0 Å². The number of Topliss-reactive ketones (excluding diaryl/α,β-unsaturated/α-hetero) is 1. The Morgan fingerprint density at radius 3 is 1.06 bits per heavy atom. The zero-order valence-electron chi connectivity index (χ0n) is 43.4. The van der Waals surface area contributed by atoms with Crippen LogP contribution in [0.25, 0.3) is 0 Å². The maximum Gasteiger partial charge on any atom is 0.372 e. The van der Waals surface area contributed by atoms with Gasteiger partial charge < -0.3 is 142 Å². The summed E-state index contributed by atoms with van der Waals surface area (Å²) in [5.74, 6) is -25.0. The molecule has 0 aliphatic carbocycles. The molecule has 0 aromatic carbocycles. The molecule has 3 saturated heterocycles. The molecule has 0 spiro atoms. The van der Waals surface area contributed by atoms with Crippen molar-refractivity contribution in [1.29, 1.82) is 0 Å². The van der Waals surface area contributed by atoms with Crippen LogP contribution < -0.4 is 21.3 Å². The number of carboxylic acids is 4. The van der Waals surface area contributed by atoms with Crippen LogP contribution in [0.1, 0.15) is 53.4 Å². The summed E-state index contributed by atoms with van der Waals surface area (Å²) in [6, 6.07) is -8.02. The maximum atomic E-state index is 13.4. The van der Waals surface area contributed by atoms with Crippen LogP contribution in [0.2, 0.25) is 0 Å². The molecule has 3 aliphatic rings. The fraction of sp³-hybridized carbons (Fsp3) is 0.795. The van der Waals surface area contributed by atoms with Gasteiger partial charge >= 0.3 is 23.9 Å². The van der Waals surface area contributed by atoms with Gasteiger partial charge in [0, 0.05) is 53.4 Å². The predicted molar refractivity (Wildman–Crippen MR) is 250 cm³/mol. The topological polar surface area (TPSA) is 621 Å². The van der Waals surface area contributed by atoms with E-state index in [-0.39, 0.29) is 0 Å². The van der Waals surface area contributed by atoms with Crippen LogP contribution in [0, 0.1) is 0 Å². The normalized spacial score (nSPS) is 32.8. The number of aliphatic hydroxyl groups excluding tert-OH is 14. The number of rotatable bonds is 30. The molecule has 3 heterocycles. The Labute approximate surface area is 456 Å². The molecule has 0 saturated carbocycles. The molecule has 0 bridgehead atoms. The number of nitrogens with one attached hydrogen (secondary N) is 4. The Morgan fingerprint density at radius 1 is 0.469 bits per heavy atom. The van der Waals surface area contributed by atoms with Crippen LogP contribution in [0.3, 0.4) is 0 Å². The molecule has 0 aromatic heterocycles. The van der Waals surface area contributed by atoms with Gasteiger partial charge in [-0.3, -0.25) is 24.0 Å². The van der Waals surface area contributed by atoms with Crippen molar-refractivity contribution >= 4 is 53.3 Å². The van der Waals surface area contributed by atoms with E-state index >= 15 is 0 Å². The van der Waals surface area contributed by atoms with Crippen LogP contribution in [0.4, 0.5) is 0 Å². The summed E-state index contributed by atoms with van der Waals surface area (Å²) in [5, 5.41) is 202. The first-order chi connectivity index (χ1) is 37.5. The van der Waals surface area contributed by atoms with Gasteiger partial charge in [-0.25, -0.2) is 19.2 Å². The molecule has 37 nitrogen and oxygen atoms in total. The largest absolute Gasteiger partial charge is 0.477 e. The van der Waals surface area contributed by atoms with Gasteiger partial charge in [0.2, 0.25) is 29.4 Å². The fourth-order valence-electron chi connectivity index (χ4n) is 9.37. The minimum atomic E-state index is -3.55. The lowest BCUT2D eigenvalue weighted by Crippen LogP contribution is -2.71. The van der Waals surface area contributed by atoms with Gasteiger partial charge in [-0.05, 0) is 0 Å². The molecule has 4 amide bonds. The van der Waals surface area contributed by atoms with Crippen molar-refractivity contribution in [3.05, 3.63) is 0 Å². The van der Waals surface area contributed by atoms with Crippen LogP contribution in [-0.2, 0) is 71.6 Å². The monoisotopic (exact) mass is 1180 g/mol. The van der Waals surface area contributed by atoms with E-state index in [4.69, 9.17) is 33.5 Å². The molecular formula is C44H70N4O33. The highest BCUT2D eigenvalue weighted by Gasteiger charge is 2.63. The molecule has 6 unspecified atom stereocenters. The molecule has 0 aromatic rings. The van der Waals surface area contributed by atoms with E-state index in [1.54, 1.807) is 0 Å². The first kappa shape index (κ1) is 69.9. The Bertz CT molecular complexity index is 2230. The van der Waals surface area contributed by atoms with Gasteiger partial charge in [0.15, 0.2) is 0 Å². The predicted octanol–water partition coefficient (Wildman–Crippen LogP) is -12.5. The third kappa shape index (κ3) is 16.7. The van der Waals surface area contributed by atoms with Crippen molar-refractivity contribution < 1.29 is 163 Å². The second-order valence-electron chi connectivity index (χ2n) is 19.4. The van der Waals surface area contributed by atoms with E-state index < -0.39 is 245 Å². The Morgan fingerprint density at radius 2 is 0.790 bits per heavy atom. The molecule has 3 aliphatic heterocycles. The summed E-state index contributed by atoms with van der Waals surface area (Å²) in [6.07, 6.45) is -44.4. The Hall–Kier alpha value is -5.37. The lowest BCUT2D eigenvalue weighted by molar-refractivity contribution is -0.360. The van der Waals surface area contributed by atoms with E-state index in [0.29, 0.717) is 0 Å². The van der Waals surface area contributed by atoms with Crippen LogP contribution in [0.5, 0.6) is 0 Å². The van der Waals surface area contributed by atoms with Crippen LogP contribution in [-0.4, -0.2) is 311 Å². The third-order valence-corrected chi connectivity index (χ3v) is 13.2. The van der Waals surface area contributed by atoms with E-state index in [1.165, 1.54) is 0 Å². The van der Waals surface area contributed by atoms with Crippen molar-refractivity contribution in [3.8, 4) is 0 Å². The molecule has 0 radical (unpaired) electrons. The smallest absolute Gasteiger partial charge is 0.372 e. The highest BCUT2D eigenvalue weighted by molar-refractivity contribution is 6.32. The summed E-state index contributed by atoms with van der Waals surface area (Å²) in [4.78, 5) is 112. The van der Waals surface area contributed by atoms with Gasteiger partial charge in [0.05, 0.1) is 75.0 Å². The van der Waals surface area contributed by atoms with Crippen molar-refractivity contribution in [2.75, 3.05) is 26.4 Å². The Kier molecular flexibility index (Phi) is 25.2. The number of carboxylic acid groups (broad SMARTS) is 4. The van der Waals surface area contributed by atoms with Gasteiger partial charge in [-0.15, -0.1) is 0 Å². The molecule has 3 fully saturated rings. The summed E-state index contributed by atoms with van der Waals surface area (Å²) < 4.78 is 33.5. The van der Waals surface area contributed by atoms with Gasteiger partial charge in [0.25, 0.3) is 17.4 Å². The maximum absolute atomic E-state index is 13.4. The first-order valence-corrected chi connectivity index (χ1v) is 24.4. The molecule has 37 heteroatoms. The highest BCUT2D eigenvalue weighted by Crippen LogP contribution is 2.41. The Balaban J connectivity index is 2.14. The number of hydrogen-bond donors (Lipinski definition) is 22.